The van der Waals surface area contributed by atoms with Gasteiger partial charge in [-0.1, -0.05) is 47.4 Å². The minimum Gasteiger partial charge on any atom is -0.497 e. The number of alkyl halides is 3. The first-order valence-corrected chi connectivity index (χ1v) is 15.2. The number of aromatic nitrogens is 1. The largest absolute Gasteiger partial charge is 0.497 e. The molecule has 6 rings (SSSR count). The fourth-order valence-electron chi connectivity index (χ4n) is 5.95. The first kappa shape index (κ1) is 28.5. The number of amides is 3. The number of anilines is 1. The molecule has 220 valence electrons. The number of carbonyl (C=O) groups excluding carboxylic acids is 3. The van der Waals surface area contributed by atoms with Gasteiger partial charge in [0.1, 0.15) is 17.5 Å². The van der Waals surface area contributed by atoms with Crippen LogP contribution in [-0.4, -0.2) is 52.6 Å². The number of hydrogen-bond acceptors (Lipinski definition) is 7. The fraction of sp³-hybridized carbons (Fsp3) is 0.379. The van der Waals surface area contributed by atoms with Gasteiger partial charge in [-0.25, -0.2) is 4.90 Å². The van der Waals surface area contributed by atoms with E-state index in [-0.39, 0.29) is 12.5 Å². The number of halogens is 3. The van der Waals surface area contributed by atoms with Crippen LogP contribution in [0, 0.1) is 5.92 Å². The summed E-state index contributed by atoms with van der Waals surface area (Å²) in [5.41, 5.74) is -1.00. The maximum Gasteiger partial charge on any atom is 0.418 e. The van der Waals surface area contributed by atoms with Crippen LogP contribution >= 0.6 is 23.1 Å². The monoisotopic (exact) mass is 617 g/mol. The lowest BCUT2D eigenvalue weighted by atomic mass is 9.83. The summed E-state index contributed by atoms with van der Waals surface area (Å²) in [5, 5.41) is -0.701. The molecule has 0 N–H and O–H groups in total. The van der Waals surface area contributed by atoms with E-state index < -0.39 is 51.2 Å². The molecular weight excluding hydrogens is 591 g/mol. The second kappa shape index (κ2) is 10.9. The number of hydrogen-bond donors (Lipinski definition) is 0. The highest BCUT2D eigenvalue weighted by Crippen LogP contribution is 2.54. The second-order valence-corrected chi connectivity index (χ2v) is 12.5. The third-order valence-electron chi connectivity index (χ3n) is 7.98. The molecule has 2 aromatic carbocycles. The van der Waals surface area contributed by atoms with Gasteiger partial charge in [0.15, 0.2) is 0 Å². The molecule has 0 saturated carbocycles. The zero-order valence-electron chi connectivity index (χ0n) is 22.4. The number of imide groups is 1. The van der Waals surface area contributed by atoms with Crippen LogP contribution in [0.2, 0.25) is 0 Å². The van der Waals surface area contributed by atoms with Gasteiger partial charge in [-0.05, 0) is 49.1 Å². The van der Waals surface area contributed by atoms with Crippen LogP contribution in [0.4, 0.5) is 18.9 Å². The Balaban J connectivity index is 1.45. The van der Waals surface area contributed by atoms with E-state index in [1.807, 2.05) is 0 Å². The lowest BCUT2D eigenvalue weighted by molar-refractivity contribution is -0.137. The van der Waals surface area contributed by atoms with Crippen molar-refractivity contribution in [2.45, 2.75) is 48.2 Å². The number of benzene rings is 2. The molecule has 1 aromatic heterocycles. The number of likely N-dealkylation sites (tertiary alicyclic amines) is 1. The number of thiazole rings is 1. The minimum absolute atomic E-state index is 0.212. The number of nitrogens with zero attached hydrogens (tertiary/aromatic N) is 3. The molecule has 0 spiro atoms. The number of para-hydroxylation sites is 1. The predicted molar refractivity (Wildman–Crippen MR) is 151 cm³/mol. The Bertz CT molecular complexity index is 1610. The summed E-state index contributed by atoms with van der Waals surface area (Å²) in [5.74, 6) is -3.07. The van der Waals surface area contributed by atoms with Crippen LogP contribution in [-0.2, 0) is 27.1 Å². The van der Waals surface area contributed by atoms with Crippen molar-refractivity contribution in [2.75, 3.05) is 25.1 Å². The molecule has 3 aromatic rings. The Kier molecular flexibility index (Phi) is 7.42. The number of methoxy groups -OCH3 is 1. The third kappa shape index (κ3) is 4.81. The van der Waals surface area contributed by atoms with Crippen LogP contribution in [0.15, 0.2) is 58.4 Å². The molecule has 0 aliphatic carbocycles. The van der Waals surface area contributed by atoms with E-state index >= 15 is 0 Å². The van der Waals surface area contributed by atoms with Crippen molar-refractivity contribution >= 4 is 46.5 Å². The average Bonchev–Trinajstić information content (AvgIpc) is 3.43. The standard InChI is InChI=1S/C29H26F3N3O5S2/c1-40-17-11-9-16(10-12-17)21-22-23(26(38)35(25(22)37)19-8-4-3-7-18(19)29(30,31)32)41-27-24(21)42-28(39)34(27)15-20(36)33-13-5-2-6-14-33/h3-4,7-12,21-23H,2,5-6,13-15H2,1H3/t21-,22-,23+/m0/s1. The molecule has 8 nitrogen and oxygen atoms in total. The van der Waals surface area contributed by atoms with Crippen molar-refractivity contribution in [1.29, 1.82) is 0 Å². The molecular formula is C29H26F3N3O5S2. The topological polar surface area (TPSA) is 88.9 Å². The summed E-state index contributed by atoms with van der Waals surface area (Å²) in [6.45, 7) is 0.993. The SMILES string of the molecule is COc1ccc([C@@H]2c3sc(=O)n(CC(=O)N4CCCCC4)c3S[C@H]3C(=O)N(c4ccccc4C(F)(F)F)C(=O)[C@@H]23)cc1. The summed E-state index contributed by atoms with van der Waals surface area (Å²) >= 11 is 1.88. The van der Waals surface area contributed by atoms with Crippen LogP contribution in [0.3, 0.4) is 0 Å². The highest BCUT2D eigenvalue weighted by molar-refractivity contribution is 8.00. The lowest BCUT2D eigenvalue weighted by Crippen LogP contribution is -2.39. The van der Waals surface area contributed by atoms with Crippen LogP contribution in [0.1, 0.15) is 41.2 Å². The Morgan fingerprint density at radius 1 is 0.976 bits per heavy atom. The molecule has 3 atom stereocenters. The van der Waals surface area contributed by atoms with Crippen molar-refractivity contribution in [1.82, 2.24) is 9.47 Å². The van der Waals surface area contributed by atoms with Gasteiger partial charge in [0.05, 0.1) is 29.3 Å². The van der Waals surface area contributed by atoms with Crippen LogP contribution in [0.5, 0.6) is 5.75 Å². The van der Waals surface area contributed by atoms with Gasteiger partial charge in [-0.15, -0.1) is 0 Å². The van der Waals surface area contributed by atoms with Crippen LogP contribution in [0.25, 0.3) is 0 Å². The molecule has 3 amide bonds. The van der Waals surface area contributed by atoms with Gasteiger partial charge < -0.3 is 9.64 Å². The fourth-order valence-corrected chi connectivity index (χ4v) is 8.72. The van der Waals surface area contributed by atoms with E-state index in [4.69, 9.17) is 4.74 Å². The summed E-state index contributed by atoms with van der Waals surface area (Å²) in [6.07, 6.45) is -2.00. The number of ether oxygens (including phenoxy) is 1. The number of thioether (sulfide) groups is 1. The maximum atomic E-state index is 14.0. The molecule has 2 saturated heterocycles. The lowest BCUT2D eigenvalue weighted by Gasteiger charge is -2.31. The molecule has 0 unspecified atom stereocenters. The Hall–Kier alpha value is -3.58. The zero-order valence-corrected chi connectivity index (χ0v) is 24.1. The minimum atomic E-state index is -4.79. The molecule has 0 radical (unpaired) electrons. The quantitative estimate of drug-likeness (QED) is 0.385. The van der Waals surface area contributed by atoms with Gasteiger partial charge in [0.2, 0.25) is 17.7 Å². The normalized spacial score (nSPS) is 22.2. The van der Waals surface area contributed by atoms with Gasteiger partial charge in [-0.3, -0.25) is 23.7 Å². The highest BCUT2D eigenvalue weighted by Gasteiger charge is 2.57. The molecule has 2 fully saturated rings. The Labute approximate surface area is 247 Å². The smallest absolute Gasteiger partial charge is 0.418 e. The summed E-state index contributed by atoms with van der Waals surface area (Å²) in [4.78, 5) is 56.7. The van der Waals surface area contributed by atoms with Gasteiger partial charge in [0, 0.05) is 23.9 Å². The number of piperidine rings is 1. The second-order valence-electron chi connectivity index (χ2n) is 10.4. The summed E-state index contributed by atoms with van der Waals surface area (Å²) in [7, 11) is 1.50. The average molecular weight is 618 g/mol. The van der Waals surface area contributed by atoms with Crippen molar-refractivity contribution in [2.24, 2.45) is 5.92 Å². The predicted octanol–water partition coefficient (Wildman–Crippen LogP) is 4.75. The van der Waals surface area contributed by atoms with Crippen molar-refractivity contribution in [3.63, 3.8) is 0 Å². The first-order valence-electron chi connectivity index (χ1n) is 13.5. The molecule has 3 aliphatic rings. The van der Waals surface area contributed by atoms with Crippen LogP contribution < -0.4 is 14.5 Å². The summed E-state index contributed by atoms with van der Waals surface area (Å²) in [6, 6.07) is 11.3. The van der Waals surface area contributed by atoms with E-state index in [0.717, 1.165) is 54.5 Å². The number of rotatable bonds is 5. The van der Waals surface area contributed by atoms with E-state index in [1.165, 1.54) is 23.8 Å². The van der Waals surface area contributed by atoms with Crippen molar-refractivity contribution in [3.05, 3.63) is 74.2 Å². The Morgan fingerprint density at radius 3 is 2.33 bits per heavy atom. The summed E-state index contributed by atoms with van der Waals surface area (Å²) < 4.78 is 48.4. The molecule has 13 heteroatoms. The number of fused-ring (bicyclic) bond motifs is 2. The van der Waals surface area contributed by atoms with E-state index in [1.54, 1.807) is 29.2 Å². The van der Waals surface area contributed by atoms with Crippen molar-refractivity contribution < 1.29 is 32.3 Å². The third-order valence-corrected chi connectivity index (χ3v) is 10.6. The number of carbonyl (C=O) groups is 3. The first-order chi connectivity index (χ1) is 20.1. The van der Waals surface area contributed by atoms with Crippen molar-refractivity contribution in [3.8, 4) is 5.75 Å². The molecule has 3 aliphatic heterocycles. The zero-order chi connectivity index (χ0) is 29.8. The van der Waals surface area contributed by atoms with Gasteiger partial charge >= 0.3 is 11.0 Å². The van der Waals surface area contributed by atoms with E-state index in [0.29, 0.717) is 39.2 Å². The molecule has 0 bridgehead atoms. The molecule has 4 heterocycles. The van der Waals surface area contributed by atoms with Gasteiger partial charge in [-0.2, -0.15) is 13.2 Å². The van der Waals surface area contributed by atoms with E-state index in [2.05, 4.69) is 0 Å². The molecule has 42 heavy (non-hydrogen) atoms. The Morgan fingerprint density at radius 2 is 1.67 bits per heavy atom. The van der Waals surface area contributed by atoms with Gasteiger partial charge in [0.25, 0.3) is 0 Å². The maximum absolute atomic E-state index is 14.0. The van der Waals surface area contributed by atoms with E-state index in [9.17, 15) is 32.3 Å². The highest BCUT2D eigenvalue weighted by atomic mass is 32.2.